The minimum atomic E-state index is -0.291. The zero-order valence-corrected chi connectivity index (χ0v) is 15.6. The molecule has 6 heteroatoms. The number of anilines is 1. The molecule has 0 aliphatic carbocycles. The van der Waals surface area contributed by atoms with Crippen LogP contribution in [0.1, 0.15) is 45.6 Å². The first-order chi connectivity index (χ1) is 12.3. The lowest BCUT2D eigenvalue weighted by atomic mass is 10.0. The Kier molecular flexibility index (Phi) is 6.66. The number of hydrogen-bond acceptors (Lipinski definition) is 4. The normalized spacial score (nSPS) is 17.1. The summed E-state index contributed by atoms with van der Waals surface area (Å²) in [5.41, 5.74) is 1.70. The third-order valence-corrected chi connectivity index (χ3v) is 4.57. The van der Waals surface area contributed by atoms with E-state index in [1.807, 2.05) is 26.0 Å². The molecule has 0 radical (unpaired) electrons. The SMILES string of the molecule is CC(C)C(=O)CCc1ccc(NC(=O)CCN2C(=O)CC(C)C2=O)cc1. The van der Waals surface area contributed by atoms with E-state index in [1.54, 1.807) is 19.1 Å². The molecule has 0 bridgehead atoms. The fourth-order valence-corrected chi connectivity index (χ4v) is 2.83. The number of carbonyl (C=O) groups excluding carboxylic acids is 4. The van der Waals surface area contributed by atoms with Crippen LogP contribution in [0.5, 0.6) is 0 Å². The van der Waals surface area contributed by atoms with Gasteiger partial charge in [0.05, 0.1) is 0 Å². The van der Waals surface area contributed by atoms with E-state index in [4.69, 9.17) is 0 Å². The van der Waals surface area contributed by atoms with Crippen LogP contribution in [-0.2, 0) is 25.6 Å². The van der Waals surface area contributed by atoms with E-state index in [-0.39, 0.29) is 54.7 Å². The van der Waals surface area contributed by atoms with Gasteiger partial charge in [-0.1, -0.05) is 32.9 Å². The van der Waals surface area contributed by atoms with Gasteiger partial charge in [0.2, 0.25) is 17.7 Å². The molecule has 1 aliphatic heterocycles. The summed E-state index contributed by atoms with van der Waals surface area (Å²) >= 11 is 0. The molecule has 0 aromatic heterocycles. The highest BCUT2D eigenvalue weighted by Gasteiger charge is 2.35. The molecule has 1 N–H and O–H groups in total. The zero-order chi connectivity index (χ0) is 19.3. The Bertz CT molecular complexity index is 694. The second-order valence-corrected chi connectivity index (χ2v) is 7.10. The summed E-state index contributed by atoms with van der Waals surface area (Å²) in [4.78, 5) is 48.4. The van der Waals surface area contributed by atoms with Gasteiger partial charge < -0.3 is 5.32 Å². The number of likely N-dealkylation sites (tertiary alicyclic amines) is 1. The van der Waals surface area contributed by atoms with E-state index in [2.05, 4.69) is 5.32 Å². The number of nitrogens with zero attached hydrogens (tertiary/aromatic N) is 1. The van der Waals surface area contributed by atoms with Gasteiger partial charge in [-0.15, -0.1) is 0 Å². The number of benzene rings is 1. The number of nitrogens with one attached hydrogen (secondary N) is 1. The molecule has 3 amide bonds. The number of aryl methyl sites for hydroxylation is 1. The number of Topliss-reactive ketones (excluding diaryl/α,β-unsaturated/α-hetero) is 1. The Labute approximate surface area is 153 Å². The molecular weight excluding hydrogens is 332 g/mol. The molecule has 1 unspecified atom stereocenters. The molecule has 1 aromatic carbocycles. The summed E-state index contributed by atoms with van der Waals surface area (Å²) in [7, 11) is 0. The molecule has 2 rings (SSSR count). The lowest BCUT2D eigenvalue weighted by Gasteiger charge is -2.14. The number of rotatable bonds is 8. The van der Waals surface area contributed by atoms with Crippen molar-refractivity contribution in [2.75, 3.05) is 11.9 Å². The quantitative estimate of drug-likeness (QED) is 0.724. The summed E-state index contributed by atoms with van der Waals surface area (Å²) in [6, 6.07) is 7.36. The van der Waals surface area contributed by atoms with Gasteiger partial charge in [-0.25, -0.2) is 0 Å². The Hall–Kier alpha value is -2.50. The van der Waals surface area contributed by atoms with Crippen LogP contribution < -0.4 is 5.32 Å². The molecule has 1 saturated heterocycles. The molecule has 6 nitrogen and oxygen atoms in total. The van der Waals surface area contributed by atoms with Gasteiger partial charge in [0.1, 0.15) is 5.78 Å². The molecule has 1 fully saturated rings. The van der Waals surface area contributed by atoms with Crippen molar-refractivity contribution in [1.82, 2.24) is 4.90 Å². The first-order valence-corrected chi connectivity index (χ1v) is 9.03. The molecule has 140 valence electrons. The minimum absolute atomic E-state index is 0.0471. The number of amides is 3. The first kappa shape index (κ1) is 19.8. The van der Waals surface area contributed by atoms with Crippen molar-refractivity contribution >= 4 is 29.2 Å². The van der Waals surface area contributed by atoms with Crippen LogP contribution in [0.4, 0.5) is 5.69 Å². The van der Waals surface area contributed by atoms with Gasteiger partial charge in [0.15, 0.2) is 0 Å². The van der Waals surface area contributed by atoms with E-state index < -0.39 is 0 Å². The smallest absolute Gasteiger partial charge is 0.232 e. The fraction of sp³-hybridized carbons (Fsp3) is 0.500. The maximum Gasteiger partial charge on any atom is 0.232 e. The maximum absolute atomic E-state index is 12.0. The third kappa shape index (κ3) is 5.25. The van der Waals surface area contributed by atoms with Crippen LogP contribution in [0.3, 0.4) is 0 Å². The average Bonchev–Trinajstić information content (AvgIpc) is 2.84. The number of carbonyl (C=O) groups is 4. The van der Waals surface area contributed by atoms with Crippen molar-refractivity contribution in [2.45, 2.75) is 46.5 Å². The Morgan fingerprint density at radius 1 is 1.15 bits per heavy atom. The molecular formula is C20H26N2O4. The van der Waals surface area contributed by atoms with E-state index in [1.165, 1.54) is 4.90 Å². The van der Waals surface area contributed by atoms with Crippen LogP contribution in [0.2, 0.25) is 0 Å². The highest BCUT2D eigenvalue weighted by Crippen LogP contribution is 2.19. The topological polar surface area (TPSA) is 83.6 Å². The predicted molar refractivity (Wildman–Crippen MR) is 98.4 cm³/mol. The Morgan fingerprint density at radius 3 is 2.35 bits per heavy atom. The van der Waals surface area contributed by atoms with Gasteiger partial charge in [-0.3, -0.25) is 24.1 Å². The number of hydrogen-bond donors (Lipinski definition) is 1. The van der Waals surface area contributed by atoms with Gasteiger partial charge in [-0.05, 0) is 24.1 Å². The molecule has 0 spiro atoms. The van der Waals surface area contributed by atoms with E-state index in [0.717, 1.165) is 5.56 Å². The Morgan fingerprint density at radius 2 is 1.81 bits per heavy atom. The largest absolute Gasteiger partial charge is 0.326 e. The predicted octanol–water partition coefficient (Wildman–Crippen LogP) is 2.57. The van der Waals surface area contributed by atoms with Crippen molar-refractivity contribution in [3.05, 3.63) is 29.8 Å². The van der Waals surface area contributed by atoms with Crippen molar-refractivity contribution in [1.29, 1.82) is 0 Å². The average molecular weight is 358 g/mol. The highest BCUT2D eigenvalue weighted by atomic mass is 16.2. The molecule has 1 aromatic rings. The standard InChI is InChI=1S/C20H26N2O4/c1-13(2)17(23)9-6-15-4-7-16(8-5-15)21-18(24)10-11-22-19(25)12-14(3)20(22)26/h4-5,7-8,13-14H,6,9-12H2,1-3H3,(H,21,24). The molecule has 0 saturated carbocycles. The first-order valence-electron chi connectivity index (χ1n) is 9.03. The maximum atomic E-state index is 12.0. The van der Waals surface area contributed by atoms with Crippen molar-refractivity contribution in [3.8, 4) is 0 Å². The van der Waals surface area contributed by atoms with Gasteiger partial charge >= 0.3 is 0 Å². The monoisotopic (exact) mass is 358 g/mol. The third-order valence-electron chi connectivity index (χ3n) is 4.57. The van der Waals surface area contributed by atoms with E-state index in [0.29, 0.717) is 18.5 Å². The minimum Gasteiger partial charge on any atom is -0.326 e. The second kappa shape index (κ2) is 8.74. The van der Waals surface area contributed by atoms with E-state index in [9.17, 15) is 19.2 Å². The molecule has 26 heavy (non-hydrogen) atoms. The van der Waals surface area contributed by atoms with Crippen molar-refractivity contribution in [2.24, 2.45) is 11.8 Å². The Balaban J connectivity index is 1.79. The number of imide groups is 1. The fourth-order valence-electron chi connectivity index (χ4n) is 2.83. The lowest BCUT2D eigenvalue weighted by molar-refractivity contribution is -0.139. The second-order valence-electron chi connectivity index (χ2n) is 7.10. The van der Waals surface area contributed by atoms with Crippen LogP contribution in [0.25, 0.3) is 0 Å². The lowest BCUT2D eigenvalue weighted by Crippen LogP contribution is -2.33. The summed E-state index contributed by atoms with van der Waals surface area (Å²) in [6.45, 7) is 5.62. The van der Waals surface area contributed by atoms with Crippen LogP contribution in [0.15, 0.2) is 24.3 Å². The van der Waals surface area contributed by atoms with Crippen LogP contribution in [-0.4, -0.2) is 34.9 Å². The molecule has 1 aliphatic rings. The van der Waals surface area contributed by atoms with Gasteiger partial charge in [0.25, 0.3) is 0 Å². The summed E-state index contributed by atoms with van der Waals surface area (Å²) in [6.07, 6.45) is 1.50. The molecule has 1 heterocycles. The van der Waals surface area contributed by atoms with Crippen LogP contribution >= 0.6 is 0 Å². The highest BCUT2D eigenvalue weighted by molar-refractivity contribution is 6.03. The zero-order valence-electron chi connectivity index (χ0n) is 15.6. The van der Waals surface area contributed by atoms with Crippen molar-refractivity contribution < 1.29 is 19.2 Å². The van der Waals surface area contributed by atoms with Crippen molar-refractivity contribution in [3.63, 3.8) is 0 Å². The molecule has 1 atom stereocenters. The van der Waals surface area contributed by atoms with E-state index >= 15 is 0 Å². The summed E-state index contributed by atoms with van der Waals surface area (Å²) in [5, 5.41) is 2.76. The van der Waals surface area contributed by atoms with Crippen LogP contribution in [0, 0.1) is 11.8 Å². The number of ketones is 1. The summed E-state index contributed by atoms with van der Waals surface area (Å²) in [5.74, 6) is -0.666. The summed E-state index contributed by atoms with van der Waals surface area (Å²) < 4.78 is 0. The van der Waals surface area contributed by atoms with Gasteiger partial charge in [0, 0.05) is 43.3 Å². The van der Waals surface area contributed by atoms with Gasteiger partial charge in [-0.2, -0.15) is 0 Å².